The number of oxazole rings is 1. The van der Waals surface area contributed by atoms with Gasteiger partial charge in [0.15, 0.2) is 12.3 Å². The highest BCUT2D eigenvalue weighted by Gasteiger charge is 2.30. The quantitative estimate of drug-likeness (QED) is 0.0623. The summed E-state index contributed by atoms with van der Waals surface area (Å²) in [5.41, 5.74) is 9.22. The van der Waals surface area contributed by atoms with Crippen molar-refractivity contribution in [2.24, 2.45) is 0 Å². The minimum Gasteiger partial charge on any atom is -0.439 e. The molecule has 5 aromatic rings. The lowest BCUT2D eigenvalue weighted by atomic mass is 10.0. The Morgan fingerprint density at radius 1 is 0.636 bits per heavy atom. The number of quaternary nitrogens is 2. The van der Waals surface area contributed by atoms with E-state index in [1.54, 1.807) is 0 Å². The van der Waals surface area contributed by atoms with E-state index in [1.807, 2.05) is 0 Å². The van der Waals surface area contributed by atoms with Crippen LogP contribution in [0.5, 0.6) is 5.75 Å². The van der Waals surface area contributed by atoms with Crippen LogP contribution in [0, 0.1) is 0 Å². The van der Waals surface area contributed by atoms with Crippen LogP contribution in [-0.2, 0) is 6.54 Å². The van der Waals surface area contributed by atoms with E-state index in [4.69, 9.17) is 9.15 Å². The molecule has 0 unspecified atom stereocenters. The molecular formula is C49H65N4O2+3. The first-order valence-electron chi connectivity index (χ1n) is 21.1. The molecule has 6 heteroatoms. The van der Waals surface area contributed by atoms with E-state index in [0.717, 1.165) is 128 Å². The van der Waals surface area contributed by atoms with E-state index < -0.39 is 0 Å². The topological polar surface area (TPSA) is 29.5 Å². The zero-order valence-corrected chi connectivity index (χ0v) is 34.7. The Morgan fingerprint density at radius 3 is 1.78 bits per heavy atom. The smallest absolute Gasteiger partial charge is 0.374 e. The maximum atomic E-state index is 6.74. The molecule has 0 spiro atoms. The summed E-state index contributed by atoms with van der Waals surface area (Å²) in [5.74, 6) is 2.70. The van der Waals surface area contributed by atoms with Gasteiger partial charge in [-0.25, -0.2) is 0 Å². The summed E-state index contributed by atoms with van der Waals surface area (Å²) in [6.45, 7) is 27.2. The molecule has 6 nitrogen and oxygen atoms in total. The van der Waals surface area contributed by atoms with Crippen LogP contribution in [0.15, 0.2) is 119 Å². The minimum absolute atomic E-state index is 0.849. The SMILES string of the molecule is CCC(=Cc1oc2ccc(-c3ccccc3)cc2[n+]1CCC[N+](CC)(CC)CC)C=C1Oc2ccc(-c3ccccc3)cc2N1CCC[N+](CC)(CC)CC. The predicted molar refractivity (Wildman–Crippen MR) is 231 cm³/mol. The number of anilines is 1. The Morgan fingerprint density at radius 2 is 1.20 bits per heavy atom. The lowest BCUT2D eigenvalue weighted by molar-refractivity contribution is -0.925. The maximum absolute atomic E-state index is 6.74. The number of rotatable bonds is 19. The Labute approximate surface area is 331 Å². The van der Waals surface area contributed by atoms with Crippen LogP contribution in [0.25, 0.3) is 39.4 Å². The molecule has 1 aliphatic heterocycles. The summed E-state index contributed by atoms with van der Waals surface area (Å²) >= 11 is 0. The van der Waals surface area contributed by atoms with Crippen LogP contribution < -0.4 is 14.2 Å². The lowest BCUT2D eigenvalue weighted by Crippen LogP contribution is -2.49. The highest BCUT2D eigenvalue weighted by Crippen LogP contribution is 2.42. The zero-order valence-electron chi connectivity index (χ0n) is 34.7. The molecule has 0 aliphatic carbocycles. The third-order valence-electron chi connectivity index (χ3n) is 12.8. The first kappa shape index (κ1) is 40.0. The summed E-state index contributed by atoms with van der Waals surface area (Å²) in [4.78, 5) is 2.41. The molecule has 0 N–H and O–H groups in total. The monoisotopic (exact) mass is 742 g/mol. The molecule has 290 valence electrons. The largest absolute Gasteiger partial charge is 0.439 e. The van der Waals surface area contributed by atoms with Crippen molar-refractivity contribution in [1.82, 2.24) is 0 Å². The van der Waals surface area contributed by atoms with E-state index in [0.29, 0.717) is 0 Å². The number of allylic oxidation sites excluding steroid dienone is 2. The number of hydrogen-bond acceptors (Lipinski definition) is 3. The van der Waals surface area contributed by atoms with Crippen LogP contribution in [0.4, 0.5) is 5.69 Å². The van der Waals surface area contributed by atoms with E-state index in [-0.39, 0.29) is 0 Å². The van der Waals surface area contributed by atoms with Crippen molar-refractivity contribution in [1.29, 1.82) is 0 Å². The number of aryl methyl sites for hydroxylation is 1. The molecule has 6 rings (SSSR count). The third-order valence-corrected chi connectivity index (χ3v) is 12.8. The van der Waals surface area contributed by atoms with Gasteiger partial charge in [0.1, 0.15) is 0 Å². The van der Waals surface area contributed by atoms with Crippen molar-refractivity contribution in [2.45, 2.75) is 74.3 Å². The normalized spacial score (nSPS) is 14.2. The van der Waals surface area contributed by atoms with Crippen molar-refractivity contribution in [2.75, 3.05) is 63.8 Å². The molecule has 0 fully saturated rings. The maximum Gasteiger partial charge on any atom is 0.374 e. The molecule has 1 aromatic heterocycles. The number of benzene rings is 4. The summed E-state index contributed by atoms with van der Waals surface area (Å²) in [5, 5.41) is 0. The predicted octanol–water partition coefficient (Wildman–Crippen LogP) is 11.1. The van der Waals surface area contributed by atoms with Crippen molar-refractivity contribution < 1.29 is 22.7 Å². The second-order valence-electron chi connectivity index (χ2n) is 15.2. The van der Waals surface area contributed by atoms with Gasteiger partial charge >= 0.3 is 5.89 Å². The molecule has 1 aliphatic rings. The van der Waals surface area contributed by atoms with Crippen LogP contribution in [0.3, 0.4) is 0 Å². The van der Waals surface area contributed by atoms with Gasteiger partial charge in [-0.05, 0) is 94.0 Å². The molecule has 0 radical (unpaired) electrons. The molecule has 0 amide bonds. The molecule has 55 heavy (non-hydrogen) atoms. The first-order valence-corrected chi connectivity index (χ1v) is 21.1. The van der Waals surface area contributed by atoms with Crippen molar-refractivity contribution in [3.05, 3.63) is 120 Å². The van der Waals surface area contributed by atoms with Gasteiger partial charge in [-0.2, -0.15) is 4.57 Å². The van der Waals surface area contributed by atoms with Gasteiger partial charge in [-0.3, -0.25) is 0 Å². The van der Waals surface area contributed by atoms with Gasteiger partial charge in [0.25, 0.3) is 5.52 Å². The van der Waals surface area contributed by atoms with Crippen LogP contribution in [0.2, 0.25) is 0 Å². The van der Waals surface area contributed by atoms with Crippen LogP contribution >= 0.6 is 0 Å². The number of nitrogens with zero attached hydrogens (tertiary/aromatic N) is 4. The van der Waals surface area contributed by atoms with Crippen molar-refractivity contribution >= 4 is 22.9 Å². The Balaban J connectivity index is 1.38. The minimum atomic E-state index is 0.849. The van der Waals surface area contributed by atoms with Gasteiger partial charge in [0.2, 0.25) is 11.5 Å². The molecule has 0 atom stereocenters. The molecule has 0 saturated heterocycles. The average Bonchev–Trinajstić information content (AvgIpc) is 3.77. The van der Waals surface area contributed by atoms with Crippen molar-refractivity contribution in [3.63, 3.8) is 0 Å². The van der Waals surface area contributed by atoms with E-state index in [9.17, 15) is 0 Å². The van der Waals surface area contributed by atoms with E-state index in [2.05, 4.69) is 167 Å². The highest BCUT2D eigenvalue weighted by molar-refractivity contribution is 5.79. The molecule has 0 bridgehead atoms. The molecule has 4 aromatic carbocycles. The van der Waals surface area contributed by atoms with Crippen LogP contribution in [-0.4, -0.2) is 67.9 Å². The van der Waals surface area contributed by atoms with E-state index >= 15 is 0 Å². The Kier molecular flexibility index (Phi) is 13.3. The Bertz CT molecular complexity index is 2040. The number of ether oxygens (including phenoxy) is 1. The number of aromatic nitrogens is 1. The fourth-order valence-corrected chi connectivity index (χ4v) is 8.48. The Hall–Kier alpha value is -4.65. The third kappa shape index (κ3) is 8.92. The average molecular weight is 742 g/mol. The van der Waals surface area contributed by atoms with Crippen LogP contribution in [0.1, 0.15) is 73.6 Å². The van der Waals surface area contributed by atoms with Gasteiger partial charge < -0.3 is 23.0 Å². The summed E-state index contributed by atoms with van der Waals surface area (Å²) in [7, 11) is 0. The second kappa shape index (κ2) is 18.3. The fourth-order valence-electron chi connectivity index (χ4n) is 8.48. The molecular weight excluding hydrogens is 677 g/mol. The summed E-state index contributed by atoms with van der Waals surface area (Å²) in [6.07, 6.45) is 7.52. The van der Waals surface area contributed by atoms with Gasteiger partial charge in [0, 0.05) is 25.1 Å². The molecule has 2 heterocycles. The van der Waals surface area contributed by atoms with Crippen molar-refractivity contribution in [3.8, 4) is 28.0 Å². The standard InChI is InChI=1S/C49H65N4O2/c1-8-39(35-48-50(31-21-33-52(9-2,10-3)11-4)44-37-42(27-29-46(44)54-48)40-23-17-15-18-24-40)36-49-51(32-22-34-53(12-5,13-6)14-7)45-38-43(28-30-47(45)55-49)41-25-19-16-20-26-41/h15-20,23-30,35-38H,8-14,21-22,31-34H2,1-7H3/q+3. The summed E-state index contributed by atoms with van der Waals surface area (Å²) in [6, 6.07) is 34.6. The first-order chi connectivity index (χ1) is 26.8. The number of hydrogen-bond donors (Lipinski definition) is 0. The molecule has 0 saturated carbocycles. The summed E-state index contributed by atoms with van der Waals surface area (Å²) < 4.78 is 18.2. The zero-order chi connectivity index (χ0) is 38.8. The number of fused-ring (bicyclic) bond motifs is 2. The van der Waals surface area contributed by atoms with Gasteiger partial charge in [-0.1, -0.05) is 79.7 Å². The second-order valence-corrected chi connectivity index (χ2v) is 15.2. The van der Waals surface area contributed by atoms with Gasteiger partial charge in [0.05, 0.1) is 70.5 Å². The highest BCUT2D eigenvalue weighted by atomic mass is 16.5. The van der Waals surface area contributed by atoms with Gasteiger partial charge in [-0.15, -0.1) is 0 Å². The fraction of sp³-hybridized carbons (Fsp3) is 0.408. The van der Waals surface area contributed by atoms with E-state index in [1.165, 1.54) is 27.8 Å². The lowest BCUT2D eigenvalue weighted by Gasteiger charge is -2.36.